The maximum Gasteiger partial charge on any atom is 0.178 e. The average molecular weight is 269 g/mol. The average Bonchev–Trinajstić information content (AvgIpc) is 2.42. The SMILES string of the molecule is CC(C)Cc1nn2cc(Br)cnc2c1N. The summed E-state index contributed by atoms with van der Waals surface area (Å²) in [7, 11) is 0. The molecule has 0 aromatic carbocycles. The molecule has 0 aliphatic carbocycles. The molecule has 0 aliphatic heterocycles. The lowest BCUT2D eigenvalue weighted by atomic mass is 10.1. The van der Waals surface area contributed by atoms with Crippen LogP contribution in [-0.4, -0.2) is 14.6 Å². The van der Waals surface area contributed by atoms with Crippen molar-refractivity contribution in [2.45, 2.75) is 20.3 Å². The first-order chi connectivity index (χ1) is 7.08. The summed E-state index contributed by atoms with van der Waals surface area (Å²) in [5.74, 6) is 0.542. The Bertz CT molecular complexity index is 489. The van der Waals surface area contributed by atoms with E-state index in [0.29, 0.717) is 11.6 Å². The van der Waals surface area contributed by atoms with E-state index < -0.39 is 0 Å². The van der Waals surface area contributed by atoms with Gasteiger partial charge in [0.2, 0.25) is 0 Å². The highest BCUT2D eigenvalue weighted by Gasteiger charge is 2.11. The van der Waals surface area contributed by atoms with E-state index in [1.807, 2.05) is 6.20 Å². The Morgan fingerprint density at radius 1 is 1.53 bits per heavy atom. The van der Waals surface area contributed by atoms with Crippen LogP contribution in [0.1, 0.15) is 19.5 Å². The molecular formula is C10H13BrN4. The van der Waals surface area contributed by atoms with Gasteiger partial charge in [0.15, 0.2) is 5.65 Å². The van der Waals surface area contributed by atoms with E-state index >= 15 is 0 Å². The van der Waals surface area contributed by atoms with E-state index in [4.69, 9.17) is 5.73 Å². The Morgan fingerprint density at radius 2 is 2.27 bits per heavy atom. The number of hydrogen-bond donors (Lipinski definition) is 1. The Kier molecular flexibility index (Phi) is 2.65. The summed E-state index contributed by atoms with van der Waals surface area (Å²) in [6.45, 7) is 4.29. The third kappa shape index (κ3) is 1.97. The summed E-state index contributed by atoms with van der Waals surface area (Å²) in [6.07, 6.45) is 4.47. The third-order valence-corrected chi connectivity index (χ3v) is 2.56. The van der Waals surface area contributed by atoms with Gasteiger partial charge in [-0.3, -0.25) is 0 Å². The number of rotatable bonds is 2. The van der Waals surface area contributed by atoms with Crippen molar-refractivity contribution >= 4 is 27.3 Å². The molecule has 0 aliphatic rings. The molecule has 0 spiro atoms. The van der Waals surface area contributed by atoms with Crippen LogP contribution < -0.4 is 5.73 Å². The minimum absolute atomic E-state index is 0.542. The van der Waals surface area contributed by atoms with Gasteiger partial charge in [-0.25, -0.2) is 9.50 Å². The Labute approximate surface area is 96.6 Å². The van der Waals surface area contributed by atoms with Gasteiger partial charge in [-0.1, -0.05) is 13.8 Å². The topological polar surface area (TPSA) is 56.2 Å². The van der Waals surface area contributed by atoms with Gasteiger partial charge in [-0.15, -0.1) is 0 Å². The first-order valence-corrected chi connectivity index (χ1v) is 5.65. The molecule has 0 fully saturated rings. The maximum atomic E-state index is 5.98. The molecule has 0 unspecified atom stereocenters. The summed E-state index contributed by atoms with van der Waals surface area (Å²) in [4.78, 5) is 4.24. The van der Waals surface area contributed by atoms with E-state index in [-0.39, 0.29) is 0 Å². The van der Waals surface area contributed by atoms with Crippen molar-refractivity contribution in [3.8, 4) is 0 Å². The summed E-state index contributed by atoms with van der Waals surface area (Å²) >= 11 is 3.35. The van der Waals surface area contributed by atoms with Crippen molar-refractivity contribution in [3.05, 3.63) is 22.6 Å². The number of halogens is 1. The minimum Gasteiger partial charge on any atom is -0.394 e. The molecule has 0 bridgehead atoms. The molecule has 80 valence electrons. The zero-order valence-corrected chi connectivity index (χ0v) is 10.3. The predicted octanol–water partition coefficient (Wildman–Crippen LogP) is 2.27. The lowest BCUT2D eigenvalue weighted by Gasteiger charge is -2.00. The van der Waals surface area contributed by atoms with Gasteiger partial charge in [0.05, 0.1) is 10.2 Å². The Hall–Kier alpha value is -1.10. The molecule has 0 saturated carbocycles. The largest absolute Gasteiger partial charge is 0.394 e. The number of nitrogens with two attached hydrogens (primary N) is 1. The van der Waals surface area contributed by atoms with Crippen LogP contribution in [0.2, 0.25) is 0 Å². The summed E-state index contributed by atoms with van der Waals surface area (Å²) in [5, 5.41) is 4.41. The predicted molar refractivity (Wildman–Crippen MR) is 63.6 cm³/mol. The van der Waals surface area contributed by atoms with Crippen LogP contribution in [0, 0.1) is 5.92 Å². The second-order valence-corrected chi connectivity index (χ2v) is 4.91. The molecule has 2 aromatic heterocycles. The van der Waals surface area contributed by atoms with Crippen molar-refractivity contribution in [1.29, 1.82) is 0 Å². The van der Waals surface area contributed by atoms with Gasteiger partial charge >= 0.3 is 0 Å². The van der Waals surface area contributed by atoms with E-state index in [1.54, 1.807) is 10.7 Å². The van der Waals surface area contributed by atoms with Crippen LogP contribution >= 0.6 is 15.9 Å². The molecule has 4 nitrogen and oxygen atoms in total. The van der Waals surface area contributed by atoms with Gasteiger partial charge in [0.25, 0.3) is 0 Å². The molecule has 15 heavy (non-hydrogen) atoms. The van der Waals surface area contributed by atoms with Crippen molar-refractivity contribution in [2.75, 3.05) is 5.73 Å². The second kappa shape index (κ2) is 3.81. The van der Waals surface area contributed by atoms with Crippen molar-refractivity contribution < 1.29 is 0 Å². The standard InChI is InChI=1S/C10H13BrN4/c1-6(2)3-8-9(12)10-13-4-7(11)5-15(10)14-8/h4-6H,3,12H2,1-2H3. The third-order valence-electron chi connectivity index (χ3n) is 2.15. The molecule has 0 atom stereocenters. The summed E-state index contributed by atoms with van der Waals surface area (Å²) < 4.78 is 2.62. The zero-order chi connectivity index (χ0) is 11.0. The van der Waals surface area contributed by atoms with E-state index in [1.165, 1.54) is 0 Å². The van der Waals surface area contributed by atoms with E-state index in [9.17, 15) is 0 Å². The first kappa shape index (κ1) is 10.4. The van der Waals surface area contributed by atoms with Gasteiger partial charge in [0, 0.05) is 12.4 Å². The Balaban J connectivity index is 2.54. The van der Waals surface area contributed by atoms with Crippen LogP contribution in [0.25, 0.3) is 5.65 Å². The highest BCUT2D eigenvalue weighted by molar-refractivity contribution is 9.10. The molecule has 0 saturated heterocycles. The van der Waals surface area contributed by atoms with Gasteiger partial charge in [-0.05, 0) is 28.3 Å². The quantitative estimate of drug-likeness (QED) is 0.909. The van der Waals surface area contributed by atoms with E-state index in [2.05, 4.69) is 39.9 Å². The number of fused-ring (bicyclic) bond motifs is 1. The highest BCUT2D eigenvalue weighted by atomic mass is 79.9. The zero-order valence-electron chi connectivity index (χ0n) is 8.74. The fourth-order valence-corrected chi connectivity index (χ4v) is 1.81. The van der Waals surface area contributed by atoms with Crippen LogP contribution in [0.3, 0.4) is 0 Å². The summed E-state index contributed by atoms with van der Waals surface area (Å²) in [6, 6.07) is 0. The number of aromatic nitrogens is 3. The van der Waals surface area contributed by atoms with Crippen molar-refractivity contribution in [2.24, 2.45) is 5.92 Å². The van der Waals surface area contributed by atoms with Gasteiger partial charge in [0.1, 0.15) is 5.69 Å². The monoisotopic (exact) mass is 268 g/mol. The van der Waals surface area contributed by atoms with Gasteiger partial charge < -0.3 is 5.73 Å². The van der Waals surface area contributed by atoms with Crippen molar-refractivity contribution in [3.63, 3.8) is 0 Å². The van der Waals surface area contributed by atoms with Crippen LogP contribution in [0.4, 0.5) is 5.69 Å². The fourth-order valence-electron chi connectivity index (χ4n) is 1.51. The normalized spacial score (nSPS) is 11.5. The van der Waals surface area contributed by atoms with Gasteiger partial charge in [-0.2, -0.15) is 5.10 Å². The molecule has 2 rings (SSSR count). The van der Waals surface area contributed by atoms with Crippen LogP contribution in [0.5, 0.6) is 0 Å². The highest BCUT2D eigenvalue weighted by Crippen LogP contribution is 2.20. The number of hydrogen-bond acceptors (Lipinski definition) is 3. The molecule has 0 radical (unpaired) electrons. The summed E-state index contributed by atoms with van der Waals surface area (Å²) in [5.41, 5.74) is 8.32. The maximum absolute atomic E-state index is 5.98. The molecule has 2 heterocycles. The fraction of sp³-hybridized carbons (Fsp3) is 0.400. The Morgan fingerprint density at radius 3 is 2.93 bits per heavy atom. The lowest BCUT2D eigenvalue weighted by molar-refractivity contribution is 0.631. The number of anilines is 1. The molecular weight excluding hydrogens is 256 g/mol. The second-order valence-electron chi connectivity index (χ2n) is 4.00. The molecule has 2 N–H and O–H groups in total. The van der Waals surface area contributed by atoms with E-state index in [0.717, 1.165) is 22.2 Å². The number of nitrogen functional groups attached to an aromatic ring is 1. The lowest BCUT2D eigenvalue weighted by Crippen LogP contribution is -1.98. The molecule has 5 heteroatoms. The molecule has 0 amide bonds. The molecule has 2 aromatic rings. The van der Waals surface area contributed by atoms with Crippen LogP contribution in [0.15, 0.2) is 16.9 Å². The minimum atomic E-state index is 0.542. The first-order valence-electron chi connectivity index (χ1n) is 4.86. The van der Waals surface area contributed by atoms with Crippen LogP contribution in [-0.2, 0) is 6.42 Å². The smallest absolute Gasteiger partial charge is 0.178 e. The van der Waals surface area contributed by atoms with Crippen molar-refractivity contribution in [1.82, 2.24) is 14.6 Å². The number of nitrogens with zero attached hydrogens (tertiary/aromatic N) is 3.